The number of rotatable bonds is 11. The van der Waals surface area contributed by atoms with E-state index in [0.29, 0.717) is 36.8 Å². The van der Waals surface area contributed by atoms with Crippen molar-refractivity contribution in [3.8, 4) is 0 Å². The van der Waals surface area contributed by atoms with Crippen molar-refractivity contribution < 1.29 is 14.3 Å². The Morgan fingerprint density at radius 3 is 2.50 bits per heavy atom. The van der Waals surface area contributed by atoms with Crippen LogP contribution in [0.2, 0.25) is 5.02 Å². The summed E-state index contributed by atoms with van der Waals surface area (Å²) in [7, 11) is 0. The Labute approximate surface area is 169 Å². The number of carbonyl (C=O) groups is 2. The van der Waals surface area contributed by atoms with Crippen LogP contribution in [0.15, 0.2) is 53.5 Å². The molecule has 1 N–H and O–H groups in total. The van der Waals surface area contributed by atoms with Crippen molar-refractivity contribution in [1.82, 2.24) is 9.88 Å². The standard InChI is InChI=1S/C21H25ClN2O4/c1-2-3-14-28-15-6-12-23-21(27)19(24-13-5-4-7-18(24)25)20(26)16-8-10-17(22)11-9-16/h4-5,7-11,13,19H,2-3,6,12,14-15H2,1H3,(H,23,27). The van der Waals surface area contributed by atoms with Crippen LogP contribution in [0, 0.1) is 0 Å². The van der Waals surface area contributed by atoms with Gasteiger partial charge in [0.1, 0.15) is 0 Å². The number of aromatic nitrogens is 1. The first kappa shape index (κ1) is 21.9. The maximum Gasteiger partial charge on any atom is 0.251 e. The van der Waals surface area contributed by atoms with Gasteiger partial charge in [0.05, 0.1) is 0 Å². The fourth-order valence-electron chi connectivity index (χ4n) is 2.63. The first-order valence-electron chi connectivity index (χ1n) is 9.37. The van der Waals surface area contributed by atoms with Gasteiger partial charge in [0.2, 0.25) is 0 Å². The summed E-state index contributed by atoms with van der Waals surface area (Å²) in [4.78, 5) is 37.9. The minimum Gasteiger partial charge on any atom is -0.381 e. The molecule has 2 rings (SSSR count). The molecule has 150 valence electrons. The smallest absolute Gasteiger partial charge is 0.251 e. The van der Waals surface area contributed by atoms with Gasteiger partial charge in [-0.15, -0.1) is 0 Å². The number of ether oxygens (including phenoxy) is 1. The molecule has 0 saturated carbocycles. The van der Waals surface area contributed by atoms with Crippen LogP contribution in [-0.2, 0) is 9.53 Å². The normalized spacial score (nSPS) is 11.8. The Morgan fingerprint density at radius 2 is 1.82 bits per heavy atom. The van der Waals surface area contributed by atoms with Gasteiger partial charge < -0.3 is 10.1 Å². The third kappa shape index (κ3) is 6.32. The molecule has 0 fully saturated rings. The third-order valence-electron chi connectivity index (χ3n) is 4.16. The monoisotopic (exact) mass is 404 g/mol. The van der Waals surface area contributed by atoms with Crippen molar-refractivity contribution >= 4 is 23.3 Å². The number of nitrogens with one attached hydrogen (secondary N) is 1. The van der Waals surface area contributed by atoms with Gasteiger partial charge in [-0.3, -0.25) is 19.0 Å². The third-order valence-corrected chi connectivity index (χ3v) is 4.41. The number of unbranched alkanes of at least 4 members (excludes halogenated alkanes) is 1. The van der Waals surface area contributed by atoms with E-state index in [1.807, 2.05) is 0 Å². The maximum atomic E-state index is 13.0. The molecule has 1 atom stereocenters. The number of amides is 1. The van der Waals surface area contributed by atoms with Crippen LogP contribution in [0.5, 0.6) is 0 Å². The van der Waals surface area contributed by atoms with Crippen LogP contribution in [0.25, 0.3) is 0 Å². The zero-order valence-corrected chi connectivity index (χ0v) is 16.7. The lowest BCUT2D eigenvalue weighted by molar-refractivity contribution is -0.123. The van der Waals surface area contributed by atoms with Crippen LogP contribution in [0.4, 0.5) is 0 Å². The second-order valence-electron chi connectivity index (χ2n) is 6.33. The molecule has 7 heteroatoms. The molecule has 1 unspecified atom stereocenters. The number of nitrogens with zero attached hydrogens (tertiary/aromatic N) is 1. The van der Waals surface area contributed by atoms with Gasteiger partial charge in [0.15, 0.2) is 11.8 Å². The Balaban J connectivity index is 2.09. The SMILES string of the molecule is CCCCOCCCNC(=O)C(C(=O)c1ccc(Cl)cc1)n1ccccc1=O. The molecule has 6 nitrogen and oxygen atoms in total. The molecule has 1 heterocycles. The van der Waals surface area contributed by atoms with Gasteiger partial charge >= 0.3 is 0 Å². The van der Waals surface area contributed by atoms with Crippen molar-refractivity contribution in [2.24, 2.45) is 0 Å². The molecular formula is C21H25ClN2O4. The summed E-state index contributed by atoms with van der Waals surface area (Å²) in [5.74, 6) is -0.997. The molecule has 0 aliphatic heterocycles. The molecule has 0 aliphatic rings. The second kappa shape index (κ2) is 11.4. The summed E-state index contributed by atoms with van der Waals surface area (Å²) >= 11 is 5.87. The van der Waals surface area contributed by atoms with Gasteiger partial charge in [-0.1, -0.05) is 31.0 Å². The molecule has 28 heavy (non-hydrogen) atoms. The van der Waals surface area contributed by atoms with Crippen molar-refractivity contribution in [3.05, 3.63) is 69.6 Å². The predicted molar refractivity (Wildman–Crippen MR) is 109 cm³/mol. The summed E-state index contributed by atoms with van der Waals surface area (Å²) in [5.41, 5.74) is -0.115. The zero-order valence-electron chi connectivity index (χ0n) is 15.9. The Kier molecular flexibility index (Phi) is 8.91. The minimum atomic E-state index is -1.28. The van der Waals surface area contributed by atoms with Crippen LogP contribution >= 0.6 is 11.6 Å². The first-order chi connectivity index (χ1) is 13.5. The fourth-order valence-corrected chi connectivity index (χ4v) is 2.75. The lowest BCUT2D eigenvalue weighted by Crippen LogP contribution is -2.41. The van der Waals surface area contributed by atoms with Gasteiger partial charge in [-0.25, -0.2) is 0 Å². The average molecular weight is 405 g/mol. The van der Waals surface area contributed by atoms with Gasteiger partial charge in [0.25, 0.3) is 11.5 Å². The van der Waals surface area contributed by atoms with Crippen molar-refractivity contribution in [2.45, 2.75) is 32.2 Å². The Bertz CT molecular complexity index is 833. The largest absolute Gasteiger partial charge is 0.381 e. The number of benzene rings is 1. The van der Waals surface area contributed by atoms with Gasteiger partial charge in [-0.05, 0) is 43.2 Å². The number of pyridine rings is 1. The molecule has 0 bridgehead atoms. The van der Waals surface area contributed by atoms with E-state index in [2.05, 4.69) is 12.2 Å². The Morgan fingerprint density at radius 1 is 1.11 bits per heavy atom. The maximum absolute atomic E-state index is 13.0. The quantitative estimate of drug-likeness (QED) is 0.354. The van der Waals surface area contributed by atoms with E-state index in [4.69, 9.17) is 16.3 Å². The topological polar surface area (TPSA) is 77.4 Å². The summed E-state index contributed by atoms with van der Waals surface area (Å²) in [6, 6.07) is 9.44. The molecule has 2 aromatic rings. The highest BCUT2D eigenvalue weighted by Crippen LogP contribution is 2.16. The Hall–Kier alpha value is -2.44. The van der Waals surface area contributed by atoms with E-state index in [1.165, 1.54) is 12.3 Å². The van der Waals surface area contributed by atoms with Crippen LogP contribution in [0.1, 0.15) is 42.6 Å². The summed E-state index contributed by atoms with van der Waals surface area (Å²) < 4.78 is 6.61. The summed E-state index contributed by atoms with van der Waals surface area (Å²) in [6.45, 7) is 3.67. The lowest BCUT2D eigenvalue weighted by atomic mass is 10.0. The van der Waals surface area contributed by atoms with E-state index >= 15 is 0 Å². The summed E-state index contributed by atoms with van der Waals surface area (Å²) in [6.07, 6.45) is 4.13. The predicted octanol–water partition coefficient (Wildman–Crippen LogP) is 3.25. The number of halogens is 1. The van der Waals surface area contributed by atoms with E-state index < -0.39 is 23.3 Å². The molecule has 1 aromatic carbocycles. The number of carbonyl (C=O) groups excluding carboxylic acids is 2. The molecule has 1 amide bonds. The highest BCUT2D eigenvalue weighted by molar-refractivity contribution is 6.30. The summed E-state index contributed by atoms with van der Waals surface area (Å²) in [5, 5.41) is 3.22. The number of Topliss-reactive ketones (excluding diaryl/α,β-unsaturated/α-hetero) is 1. The number of hydrogen-bond acceptors (Lipinski definition) is 4. The molecule has 0 radical (unpaired) electrons. The van der Waals surface area contributed by atoms with Gasteiger partial charge in [-0.2, -0.15) is 0 Å². The average Bonchev–Trinajstić information content (AvgIpc) is 2.69. The highest BCUT2D eigenvalue weighted by Gasteiger charge is 2.29. The van der Waals surface area contributed by atoms with Crippen molar-refractivity contribution in [2.75, 3.05) is 19.8 Å². The molecule has 0 saturated heterocycles. The molecule has 0 aliphatic carbocycles. The van der Waals surface area contributed by atoms with Crippen LogP contribution < -0.4 is 10.9 Å². The van der Waals surface area contributed by atoms with Crippen molar-refractivity contribution in [3.63, 3.8) is 0 Å². The van der Waals surface area contributed by atoms with Gasteiger partial charge in [0, 0.05) is 42.6 Å². The van der Waals surface area contributed by atoms with E-state index in [0.717, 1.165) is 17.4 Å². The molecule has 1 aromatic heterocycles. The number of ketones is 1. The second-order valence-corrected chi connectivity index (χ2v) is 6.77. The first-order valence-corrected chi connectivity index (χ1v) is 9.74. The van der Waals surface area contributed by atoms with E-state index in [9.17, 15) is 14.4 Å². The van der Waals surface area contributed by atoms with E-state index in [1.54, 1.807) is 36.4 Å². The van der Waals surface area contributed by atoms with E-state index in [-0.39, 0.29) is 0 Å². The number of hydrogen-bond donors (Lipinski definition) is 1. The molecule has 0 spiro atoms. The highest BCUT2D eigenvalue weighted by atomic mass is 35.5. The van der Waals surface area contributed by atoms with Crippen molar-refractivity contribution in [1.29, 1.82) is 0 Å². The zero-order chi connectivity index (χ0) is 20.4. The van der Waals surface area contributed by atoms with Crippen LogP contribution in [-0.4, -0.2) is 36.0 Å². The lowest BCUT2D eigenvalue weighted by Gasteiger charge is -2.18. The fraction of sp³-hybridized carbons (Fsp3) is 0.381. The molecular weight excluding hydrogens is 380 g/mol. The van der Waals surface area contributed by atoms with Crippen LogP contribution in [0.3, 0.4) is 0 Å². The minimum absolute atomic E-state index is 0.309.